The summed E-state index contributed by atoms with van der Waals surface area (Å²) >= 11 is 0. The van der Waals surface area contributed by atoms with Crippen LogP contribution in [-0.2, 0) is 10.9 Å². The van der Waals surface area contributed by atoms with Gasteiger partial charge in [-0.3, -0.25) is 4.79 Å². The van der Waals surface area contributed by atoms with Gasteiger partial charge in [0.25, 0.3) is 0 Å². The molecule has 25 heavy (non-hydrogen) atoms. The number of aldehydes is 1. The molecule has 0 aliphatic rings. The van der Waals surface area contributed by atoms with Crippen LogP contribution in [0.5, 0.6) is 5.75 Å². The second kappa shape index (κ2) is 7.47. The number of carbonyl (C=O) groups is 1. The summed E-state index contributed by atoms with van der Waals surface area (Å²) < 4.78 is 49.6. The Hall–Kier alpha value is -2.68. The van der Waals surface area contributed by atoms with E-state index in [-0.39, 0.29) is 35.3 Å². The molecule has 0 atom stereocenters. The van der Waals surface area contributed by atoms with Gasteiger partial charge in [0.2, 0.25) is 0 Å². The number of nitrogens with two attached hydrogens (primary N) is 1. The molecule has 1 aromatic heterocycles. The minimum absolute atomic E-state index is 0.0508. The number of benzene rings is 1. The molecule has 9 heteroatoms. The lowest BCUT2D eigenvalue weighted by molar-refractivity contribution is -0.137. The Bertz CT molecular complexity index is 779. The second-order valence-electron chi connectivity index (χ2n) is 5.06. The van der Waals surface area contributed by atoms with Crippen molar-refractivity contribution in [3.8, 4) is 17.0 Å². The Labute approximate surface area is 141 Å². The number of ether oxygens (including phenoxy) is 2. The summed E-state index contributed by atoms with van der Waals surface area (Å²) in [6.07, 6.45) is -2.83. The molecule has 1 heterocycles. The number of rotatable bonds is 6. The Morgan fingerprint density at radius 2 is 2.04 bits per heavy atom. The Morgan fingerprint density at radius 1 is 1.32 bits per heavy atom. The van der Waals surface area contributed by atoms with Crippen LogP contribution in [-0.4, -0.2) is 29.7 Å². The van der Waals surface area contributed by atoms with Crippen molar-refractivity contribution in [2.24, 2.45) is 0 Å². The van der Waals surface area contributed by atoms with E-state index in [1.54, 1.807) is 6.92 Å². The zero-order valence-electron chi connectivity index (χ0n) is 13.6. The van der Waals surface area contributed by atoms with Crippen molar-refractivity contribution >= 4 is 12.1 Å². The van der Waals surface area contributed by atoms with Crippen LogP contribution in [0.1, 0.15) is 28.5 Å². The van der Waals surface area contributed by atoms with Gasteiger partial charge in [-0.25, -0.2) is 9.97 Å². The third kappa shape index (κ3) is 4.24. The number of anilines is 1. The van der Waals surface area contributed by atoms with Gasteiger partial charge >= 0.3 is 6.18 Å². The van der Waals surface area contributed by atoms with Crippen molar-refractivity contribution in [1.82, 2.24) is 9.97 Å². The highest BCUT2D eigenvalue weighted by molar-refractivity contribution is 5.80. The second-order valence-corrected chi connectivity index (χ2v) is 5.06. The van der Waals surface area contributed by atoms with Crippen molar-refractivity contribution in [2.75, 3.05) is 19.1 Å². The number of nitrogen functional groups attached to an aromatic ring is 1. The Balaban J connectivity index is 2.58. The standard InChI is InChI=1S/C16H16F3N3O3/c1-3-24-8-25-13-5-10(16(17,18)19)4-9(2)14(13)11-6-21-12(7-23)15(20)22-11/h4-7H,3,8H2,1-2H3,(H2,20,22). The molecule has 0 aliphatic heterocycles. The lowest BCUT2D eigenvalue weighted by Crippen LogP contribution is -2.10. The fraction of sp³-hybridized carbons (Fsp3) is 0.312. The van der Waals surface area contributed by atoms with Crippen LogP contribution in [0.2, 0.25) is 0 Å². The number of aryl methyl sites for hydroxylation is 1. The number of alkyl halides is 3. The highest BCUT2D eigenvalue weighted by Crippen LogP contribution is 2.39. The van der Waals surface area contributed by atoms with E-state index in [1.807, 2.05) is 0 Å². The predicted octanol–water partition coefficient (Wildman–Crippen LogP) is 3.24. The molecule has 0 unspecified atom stereocenters. The van der Waals surface area contributed by atoms with E-state index in [1.165, 1.54) is 13.1 Å². The summed E-state index contributed by atoms with van der Waals surface area (Å²) in [5, 5.41) is 0. The van der Waals surface area contributed by atoms with Crippen molar-refractivity contribution in [2.45, 2.75) is 20.0 Å². The number of halogens is 3. The summed E-state index contributed by atoms with van der Waals surface area (Å²) in [4.78, 5) is 18.7. The summed E-state index contributed by atoms with van der Waals surface area (Å²) in [5.41, 5.74) is 5.50. The van der Waals surface area contributed by atoms with Crippen LogP contribution in [0.3, 0.4) is 0 Å². The first-order valence-corrected chi connectivity index (χ1v) is 7.28. The first-order valence-electron chi connectivity index (χ1n) is 7.28. The van der Waals surface area contributed by atoms with Crippen LogP contribution in [0, 0.1) is 6.92 Å². The predicted molar refractivity (Wildman–Crippen MR) is 84.1 cm³/mol. The van der Waals surface area contributed by atoms with E-state index in [9.17, 15) is 18.0 Å². The zero-order chi connectivity index (χ0) is 18.6. The lowest BCUT2D eigenvalue weighted by Gasteiger charge is -2.17. The molecule has 0 saturated carbocycles. The third-order valence-electron chi connectivity index (χ3n) is 3.33. The average molecular weight is 355 g/mol. The molecule has 0 radical (unpaired) electrons. The van der Waals surface area contributed by atoms with Gasteiger partial charge < -0.3 is 15.2 Å². The van der Waals surface area contributed by atoms with E-state index in [0.29, 0.717) is 18.5 Å². The average Bonchev–Trinajstić information content (AvgIpc) is 2.54. The van der Waals surface area contributed by atoms with Crippen molar-refractivity contribution in [1.29, 1.82) is 0 Å². The zero-order valence-corrected chi connectivity index (χ0v) is 13.6. The largest absolute Gasteiger partial charge is 0.467 e. The summed E-state index contributed by atoms with van der Waals surface area (Å²) in [7, 11) is 0. The molecule has 6 nitrogen and oxygen atoms in total. The number of carbonyl (C=O) groups excluding carboxylic acids is 1. The number of nitrogens with zero attached hydrogens (tertiary/aromatic N) is 2. The summed E-state index contributed by atoms with van der Waals surface area (Å²) in [6.45, 7) is 3.34. The molecule has 2 aromatic rings. The van der Waals surface area contributed by atoms with Gasteiger partial charge in [-0.1, -0.05) is 0 Å². The fourth-order valence-electron chi connectivity index (χ4n) is 2.17. The van der Waals surface area contributed by atoms with Crippen molar-refractivity contribution in [3.63, 3.8) is 0 Å². The van der Waals surface area contributed by atoms with E-state index >= 15 is 0 Å². The smallest absolute Gasteiger partial charge is 0.416 e. The van der Waals surface area contributed by atoms with E-state index in [4.69, 9.17) is 15.2 Å². The van der Waals surface area contributed by atoms with Gasteiger partial charge in [0.15, 0.2) is 18.9 Å². The fourth-order valence-corrected chi connectivity index (χ4v) is 2.17. The van der Waals surface area contributed by atoms with E-state index in [0.717, 1.165) is 12.1 Å². The quantitative estimate of drug-likeness (QED) is 0.486. The molecule has 1 aromatic carbocycles. The monoisotopic (exact) mass is 355 g/mol. The number of hydrogen-bond acceptors (Lipinski definition) is 6. The SMILES string of the molecule is CCOCOc1cc(C(F)(F)F)cc(C)c1-c1cnc(C=O)c(N)n1. The van der Waals surface area contributed by atoms with Crippen LogP contribution < -0.4 is 10.5 Å². The van der Waals surface area contributed by atoms with Gasteiger partial charge in [-0.05, 0) is 31.5 Å². The van der Waals surface area contributed by atoms with Crippen molar-refractivity contribution in [3.05, 3.63) is 35.2 Å². The van der Waals surface area contributed by atoms with Gasteiger partial charge in [-0.15, -0.1) is 0 Å². The number of aromatic nitrogens is 2. The molecule has 0 saturated heterocycles. The molecule has 134 valence electrons. The van der Waals surface area contributed by atoms with Crippen LogP contribution in [0.25, 0.3) is 11.3 Å². The minimum atomic E-state index is -4.53. The molecule has 2 rings (SSSR count). The third-order valence-corrected chi connectivity index (χ3v) is 3.33. The highest BCUT2D eigenvalue weighted by Gasteiger charge is 2.32. The maximum absolute atomic E-state index is 13.1. The molecular formula is C16H16F3N3O3. The Morgan fingerprint density at radius 3 is 2.60 bits per heavy atom. The van der Waals surface area contributed by atoms with Gasteiger partial charge in [-0.2, -0.15) is 13.2 Å². The lowest BCUT2D eigenvalue weighted by atomic mass is 10.0. The minimum Gasteiger partial charge on any atom is -0.467 e. The molecule has 0 amide bonds. The summed E-state index contributed by atoms with van der Waals surface area (Å²) in [6, 6.07) is 1.85. The maximum atomic E-state index is 13.1. The first-order chi connectivity index (χ1) is 11.8. The molecule has 0 aliphatic carbocycles. The van der Waals surface area contributed by atoms with E-state index in [2.05, 4.69) is 9.97 Å². The Kier molecular flexibility index (Phi) is 5.58. The molecular weight excluding hydrogens is 339 g/mol. The molecule has 0 fully saturated rings. The molecule has 0 bridgehead atoms. The normalized spacial score (nSPS) is 11.4. The molecule has 0 spiro atoms. The topological polar surface area (TPSA) is 87.3 Å². The van der Waals surface area contributed by atoms with E-state index < -0.39 is 11.7 Å². The van der Waals surface area contributed by atoms with Crippen LogP contribution in [0.4, 0.5) is 19.0 Å². The number of hydrogen-bond donors (Lipinski definition) is 1. The maximum Gasteiger partial charge on any atom is 0.416 e. The van der Waals surface area contributed by atoms with Crippen molar-refractivity contribution < 1.29 is 27.4 Å². The van der Waals surface area contributed by atoms with Gasteiger partial charge in [0.1, 0.15) is 11.4 Å². The highest BCUT2D eigenvalue weighted by atomic mass is 19.4. The first kappa shape index (κ1) is 18.7. The van der Waals surface area contributed by atoms with Crippen LogP contribution in [0.15, 0.2) is 18.3 Å². The van der Waals surface area contributed by atoms with Crippen LogP contribution >= 0.6 is 0 Å². The molecule has 2 N–H and O–H groups in total. The van der Waals surface area contributed by atoms with Gasteiger partial charge in [0.05, 0.1) is 17.5 Å². The summed E-state index contributed by atoms with van der Waals surface area (Å²) in [5.74, 6) is -0.184. The van der Waals surface area contributed by atoms with Gasteiger partial charge in [0, 0.05) is 12.2 Å².